The highest BCUT2D eigenvalue weighted by Gasteiger charge is 2.15. The molecule has 8 heteroatoms. The van der Waals surface area contributed by atoms with Crippen molar-refractivity contribution in [1.82, 2.24) is 20.4 Å². The molecule has 0 spiro atoms. The summed E-state index contributed by atoms with van der Waals surface area (Å²) in [6.07, 6.45) is 0. The third-order valence-corrected chi connectivity index (χ3v) is 5.88. The summed E-state index contributed by atoms with van der Waals surface area (Å²) >= 11 is 6.05. The van der Waals surface area contributed by atoms with Crippen molar-refractivity contribution in [3.8, 4) is 0 Å². The van der Waals surface area contributed by atoms with Crippen LogP contribution in [0.1, 0.15) is 22.7 Å². The molecule has 1 aliphatic rings. The Kier molecular flexibility index (Phi) is 11.7. The largest absolute Gasteiger partial charge is 0.379 e. The molecule has 0 aromatic heterocycles. The van der Waals surface area contributed by atoms with Crippen LogP contribution in [-0.2, 0) is 17.8 Å². The second kappa shape index (κ2) is 14.0. The zero-order chi connectivity index (χ0) is 22.1. The van der Waals surface area contributed by atoms with E-state index in [-0.39, 0.29) is 30.0 Å². The first kappa shape index (κ1) is 26.9. The highest BCUT2D eigenvalue weighted by atomic mass is 127. The number of ether oxygens (including phenoxy) is 1. The number of benzene rings is 2. The fraction of sp³-hybridized carbons (Fsp3) is 0.458. The molecule has 0 amide bonds. The predicted octanol–water partition coefficient (Wildman–Crippen LogP) is 3.76. The van der Waals surface area contributed by atoms with Crippen molar-refractivity contribution < 1.29 is 4.74 Å². The van der Waals surface area contributed by atoms with E-state index < -0.39 is 0 Å². The van der Waals surface area contributed by atoms with Gasteiger partial charge in [0.1, 0.15) is 0 Å². The van der Waals surface area contributed by atoms with Crippen LogP contribution in [0.3, 0.4) is 0 Å². The van der Waals surface area contributed by atoms with E-state index in [4.69, 9.17) is 16.3 Å². The lowest BCUT2D eigenvalue weighted by Crippen LogP contribution is -2.41. The van der Waals surface area contributed by atoms with Gasteiger partial charge < -0.3 is 20.3 Å². The molecule has 2 aromatic carbocycles. The fourth-order valence-corrected chi connectivity index (χ4v) is 3.89. The molecular weight excluding hydrogens is 537 g/mol. The SMILES string of the molecule is CN=C(NCc1ccccc1CN1CCOCC1)NCC(c1ccc(Cl)cc1)N(C)C.I. The summed E-state index contributed by atoms with van der Waals surface area (Å²) in [5.74, 6) is 0.794. The molecule has 1 unspecified atom stereocenters. The first-order valence-corrected chi connectivity index (χ1v) is 11.2. The van der Waals surface area contributed by atoms with Gasteiger partial charge in [-0.3, -0.25) is 9.89 Å². The van der Waals surface area contributed by atoms with Gasteiger partial charge in [-0.2, -0.15) is 0 Å². The molecule has 32 heavy (non-hydrogen) atoms. The van der Waals surface area contributed by atoms with E-state index in [2.05, 4.69) is 75.9 Å². The standard InChI is InChI=1S/C24H34ClN5O.HI/c1-26-24(28-17-23(29(2)3)19-8-10-22(25)11-9-19)27-16-20-6-4-5-7-21(20)18-30-12-14-31-15-13-30;/h4-11,23H,12-18H2,1-3H3,(H2,26,27,28);1H. The maximum absolute atomic E-state index is 6.05. The summed E-state index contributed by atoms with van der Waals surface area (Å²) in [6, 6.07) is 16.8. The third-order valence-electron chi connectivity index (χ3n) is 5.63. The molecule has 1 saturated heterocycles. The Hall–Kier alpha value is -1.39. The zero-order valence-electron chi connectivity index (χ0n) is 19.2. The molecule has 0 radical (unpaired) electrons. The van der Waals surface area contributed by atoms with Crippen LogP contribution >= 0.6 is 35.6 Å². The van der Waals surface area contributed by atoms with Crippen LogP contribution in [-0.4, -0.2) is 69.8 Å². The Balaban J connectivity index is 0.00000363. The van der Waals surface area contributed by atoms with Crippen molar-refractivity contribution >= 4 is 41.5 Å². The Labute approximate surface area is 214 Å². The summed E-state index contributed by atoms with van der Waals surface area (Å²) in [6.45, 7) is 6.03. The maximum atomic E-state index is 6.05. The fourth-order valence-electron chi connectivity index (χ4n) is 3.76. The number of nitrogens with zero attached hydrogens (tertiary/aromatic N) is 3. The average Bonchev–Trinajstić information content (AvgIpc) is 2.78. The molecule has 3 rings (SSSR count). The number of hydrogen-bond donors (Lipinski definition) is 2. The summed E-state index contributed by atoms with van der Waals surface area (Å²) in [4.78, 5) is 9.06. The second-order valence-corrected chi connectivity index (χ2v) is 8.43. The normalized spacial score (nSPS) is 15.8. The van der Waals surface area contributed by atoms with Gasteiger partial charge in [0.15, 0.2) is 5.96 Å². The molecule has 2 N–H and O–H groups in total. The van der Waals surface area contributed by atoms with E-state index in [1.165, 1.54) is 16.7 Å². The Bertz CT molecular complexity index is 841. The molecule has 1 heterocycles. The van der Waals surface area contributed by atoms with Crippen LogP contribution in [0.5, 0.6) is 0 Å². The summed E-state index contributed by atoms with van der Waals surface area (Å²) < 4.78 is 5.47. The van der Waals surface area contributed by atoms with Gasteiger partial charge in [-0.15, -0.1) is 24.0 Å². The quantitative estimate of drug-likeness (QED) is 0.287. The van der Waals surface area contributed by atoms with Gasteiger partial charge in [0.25, 0.3) is 0 Å². The monoisotopic (exact) mass is 571 g/mol. The molecule has 0 aliphatic carbocycles. The number of rotatable bonds is 8. The Morgan fingerprint density at radius 2 is 1.72 bits per heavy atom. The van der Waals surface area contributed by atoms with E-state index in [0.717, 1.165) is 56.9 Å². The zero-order valence-corrected chi connectivity index (χ0v) is 22.3. The molecule has 1 atom stereocenters. The van der Waals surface area contributed by atoms with E-state index in [1.807, 2.05) is 19.2 Å². The van der Waals surface area contributed by atoms with Crippen molar-refractivity contribution in [1.29, 1.82) is 0 Å². The molecule has 2 aromatic rings. The van der Waals surface area contributed by atoms with Crippen molar-refractivity contribution in [3.63, 3.8) is 0 Å². The second-order valence-electron chi connectivity index (χ2n) is 7.99. The molecule has 1 aliphatic heterocycles. The van der Waals surface area contributed by atoms with Crippen molar-refractivity contribution in [3.05, 3.63) is 70.2 Å². The summed E-state index contributed by atoms with van der Waals surface area (Å²) in [5.41, 5.74) is 3.85. The average molecular weight is 572 g/mol. The van der Waals surface area contributed by atoms with Gasteiger partial charge >= 0.3 is 0 Å². The minimum absolute atomic E-state index is 0. The molecule has 0 saturated carbocycles. The van der Waals surface area contributed by atoms with E-state index in [1.54, 1.807) is 0 Å². The summed E-state index contributed by atoms with van der Waals surface area (Å²) in [5, 5.41) is 7.70. The van der Waals surface area contributed by atoms with E-state index >= 15 is 0 Å². The van der Waals surface area contributed by atoms with Crippen LogP contribution in [0.15, 0.2) is 53.5 Å². The lowest BCUT2D eigenvalue weighted by Gasteiger charge is -2.28. The topological polar surface area (TPSA) is 52.1 Å². The summed E-state index contributed by atoms with van der Waals surface area (Å²) in [7, 11) is 5.97. The highest BCUT2D eigenvalue weighted by molar-refractivity contribution is 14.0. The van der Waals surface area contributed by atoms with Gasteiger partial charge in [0.05, 0.1) is 19.3 Å². The van der Waals surface area contributed by atoms with Crippen molar-refractivity contribution in [2.75, 3.05) is 54.0 Å². The number of likely N-dealkylation sites (N-methyl/N-ethyl adjacent to an activating group) is 1. The number of hydrogen-bond acceptors (Lipinski definition) is 4. The first-order valence-electron chi connectivity index (χ1n) is 10.8. The lowest BCUT2D eigenvalue weighted by atomic mass is 10.1. The van der Waals surface area contributed by atoms with Gasteiger partial charge in [-0.1, -0.05) is 48.0 Å². The van der Waals surface area contributed by atoms with Crippen molar-refractivity contribution in [2.45, 2.75) is 19.1 Å². The number of aliphatic imine (C=N–C) groups is 1. The lowest BCUT2D eigenvalue weighted by molar-refractivity contribution is 0.0341. The van der Waals surface area contributed by atoms with Crippen LogP contribution < -0.4 is 10.6 Å². The maximum Gasteiger partial charge on any atom is 0.191 e. The number of nitrogens with one attached hydrogen (secondary N) is 2. The van der Waals surface area contributed by atoms with Crippen LogP contribution in [0.25, 0.3) is 0 Å². The van der Waals surface area contributed by atoms with Crippen molar-refractivity contribution in [2.24, 2.45) is 4.99 Å². The number of morpholine rings is 1. The number of halogens is 2. The van der Waals surface area contributed by atoms with Gasteiger partial charge in [-0.05, 0) is 42.9 Å². The minimum Gasteiger partial charge on any atom is -0.379 e. The van der Waals surface area contributed by atoms with Crippen LogP contribution in [0.2, 0.25) is 5.02 Å². The predicted molar refractivity (Wildman–Crippen MR) is 144 cm³/mol. The Morgan fingerprint density at radius 1 is 1.06 bits per heavy atom. The van der Waals surface area contributed by atoms with E-state index in [9.17, 15) is 0 Å². The molecule has 6 nitrogen and oxygen atoms in total. The highest BCUT2D eigenvalue weighted by Crippen LogP contribution is 2.20. The van der Waals surface area contributed by atoms with Gasteiger partial charge in [0, 0.05) is 44.8 Å². The molecule has 176 valence electrons. The smallest absolute Gasteiger partial charge is 0.191 e. The first-order chi connectivity index (χ1) is 15.1. The molecular formula is C24H35ClIN5O. The van der Waals surface area contributed by atoms with Gasteiger partial charge in [0.2, 0.25) is 0 Å². The minimum atomic E-state index is 0. The van der Waals surface area contributed by atoms with Crippen LogP contribution in [0, 0.1) is 0 Å². The van der Waals surface area contributed by atoms with E-state index in [0.29, 0.717) is 0 Å². The molecule has 0 bridgehead atoms. The Morgan fingerprint density at radius 3 is 2.34 bits per heavy atom. The molecule has 1 fully saturated rings. The van der Waals surface area contributed by atoms with Gasteiger partial charge in [-0.25, -0.2) is 0 Å². The third kappa shape index (κ3) is 8.19. The van der Waals surface area contributed by atoms with Crippen LogP contribution in [0.4, 0.5) is 0 Å². The number of guanidine groups is 1.